The first-order chi connectivity index (χ1) is 18.2. The molecule has 0 radical (unpaired) electrons. The Morgan fingerprint density at radius 2 is 1.95 bits per heavy atom. The van der Waals surface area contributed by atoms with Crippen LogP contribution in [0, 0.1) is 29.6 Å². The van der Waals surface area contributed by atoms with Gasteiger partial charge in [-0.1, -0.05) is 81.5 Å². The van der Waals surface area contributed by atoms with Gasteiger partial charge in [-0.05, 0) is 96.7 Å². The van der Waals surface area contributed by atoms with E-state index < -0.39 is 7.12 Å². The summed E-state index contributed by atoms with van der Waals surface area (Å²) in [6.07, 6.45) is 20.1. The fraction of sp³-hybridized carbons (Fsp3) is 0.441. The van der Waals surface area contributed by atoms with E-state index in [1.165, 1.54) is 39.3 Å². The molecule has 5 aliphatic rings. The summed E-state index contributed by atoms with van der Waals surface area (Å²) in [7, 11) is -0.858. The van der Waals surface area contributed by atoms with Crippen LogP contribution in [-0.2, 0) is 11.1 Å². The summed E-state index contributed by atoms with van der Waals surface area (Å²) in [5.41, 5.74) is 10.1. The second-order valence-electron chi connectivity index (χ2n) is 12.6. The summed E-state index contributed by atoms with van der Waals surface area (Å²) < 4.78 is 6.15. The summed E-state index contributed by atoms with van der Waals surface area (Å²) >= 11 is 0. The van der Waals surface area contributed by atoms with Gasteiger partial charge in [-0.3, -0.25) is 4.99 Å². The van der Waals surface area contributed by atoms with Crippen molar-refractivity contribution in [1.29, 1.82) is 0 Å². The highest BCUT2D eigenvalue weighted by atomic mass is 16.5. The Labute approximate surface area is 228 Å². The maximum absolute atomic E-state index is 11.0. The van der Waals surface area contributed by atoms with E-state index in [0.29, 0.717) is 17.8 Å². The third-order valence-corrected chi connectivity index (χ3v) is 9.61. The van der Waals surface area contributed by atoms with Crippen molar-refractivity contribution in [2.75, 3.05) is 0 Å². The van der Waals surface area contributed by atoms with E-state index in [1.807, 2.05) is 0 Å². The highest BCUT2D eigenvalue weighted by Gasteiger charge is 2.39. The maximum Gasteiger partial charge on any atom is 0.487 e. The van der Waals surface area contributed by atoms with Crippen LogP contribution in [0.15, 0.2) is 94.1 Å². The maximum atomic E-state index is 11.0. The Morgan fingerprint density at radius 1 is 1.13 bits per heavy atom. The van der Waals surface area contributed by atoms with E-state index in [-0.39, 0.29) is 17.4 Å². The number of hydrogen-bond acceptors (Lipinski definition) is 3. The highest BCUT2D eigenvalue weighted by molar-refractivity contribution is 6.52. The molecule has 0 saturated carbocycles. The van der Waals surface area contributed by atoms with Crippen molar-refractivity contribution >= 4 is 18.4 Å². The van der Waals surface area contributed by atoms with Gasteiger partial charge in [0.15, 0.2) is 0 Å². The van der Waals surface area contributed by atoms with Crippen molar-refractivity contribution in [3.63, 3.8) is 0 Å². The van der Waals surface area contributed by atoms with E-state index in [1.54, 1.807) is 0 Å². The number of fused-ring (bicyclic) bond motifs is 5. The van der Waals surface area contributed by atoms with Gasteiger partial charge in [0.25, 0.3) is 0 Å². The number of aryl methyl sites for hydroxylation is 1. The molecule has 0 spiro atoms. The van der Waals surface area contributed by atoms with Crippen LogP contribution < -0.4 is 0 Å². The summed E-state index contributed by atoms with van der Waals surface area (Å²) in [5.74, 6) is 1.62. The third kappa shape index (κ3) is 4.46. The van der Waals surface area contributed by atoms with Crippen molar-refractivity contribution in [2.45, 2.75) is 65.9 Å². The van der Waals surface area contributed by atoms with E-state index in [2.05, 4.69) is 101 Å². The Hall–Kier alpha value is -2.69. The van der Waals surface area contributed by atoms with Crippen LogP contribution in [0.5, 0.6) is 0 Å². The smallest absolute Gasteiger partial charge is 0.423 e. The molecule has 0 saturated heterocycles. The van der Waals surface area contributed by atoms with Crippen LogP contribution in [0.25, 0.3) is 5.57 Å². The van der Waals surface area contributed by atoms with Gasteiger partial charge in [-0.2, -0.15) is 0 Å². The lowest BCUT2D eigenvalue weighted by molar-refractivity contribution is 0.0395. The van der Waals surface area contributed by atoms with Gasteiger partial charge in [-0.25, -0.2) is 0 Å². The second kappa shape index (κ2) is 9.81. The van der Waals surface area contributed by atoms with Crippen molar-refractivity contribution in [3.05, 3.63) is 100 Å². The Bertz CT molecular complexity index is 1350. The molecule has 4 atom stereocenters. The molecule has 1 heterocycles. The molecule has 3 nitrogen and oxygen atoms in total. The minimum Gasteiger partial charge on any atom is -0.423 e. The molecule has 38 heavy (non-hydrogen) atoms. The minimum atomic E-state index is -0.858. The van der Waals surface area contributed by atoms with Crippen molar-refractivity contribution in [3.8, 4) is 0 Å². The molecular weight excluding hydrogens is 465 g/mol. The molecule has 1 aliphatic heterocycles. The van der Waals surface area contributed by atoms with Crippen molar-refractivity contribution in [1.82, 2.24) is 0 Å². The zero-order valence-corrected chi connectivity index (χ0v) is 23.4. The Morgan fingerprint density at radius 3 is 2.76 bits per heavy atom. The first-order valence-electron chi connectivity index (χ1n) is 14.5. The first-order valence-corrected chi connectivity index (χ1v) is 14.5. The molecule has 6 rings (SSSR count). The number of nitrogens with zero attached hydrogens (tertiary/aromatic N) is 1. The molecule has 3 unspecified atom stereocenters. The summed E-state index contributed by atoms with van der Waals surface area (Å²) in [6.45, 7) is 10.6. The number of rotatable bonds is 5. The van der Waals surface area contributed by atoms with Gasteiger partial charge in [-0.15, -0.1) is 0 Å². The summed E-state index contributed by atoms with van der Waals surface area (Å²) in [4.78, 5) is 5.32. The normalized spacial score (nSPS) is 28.0. The van der Waals surface area contributed by atoms with Gasteiger partial charge in [0.05, 0.1) is 11.3 Å². The topological polar surface area (TPSA) is 41.8 Å². The molecule has 1 aromatic carbocycles. The molecule has 1 aromatic rings. The summed E-state index contributed by atoms with van der Waals surface area (Å²) in [6, 6.07) is 8.96. The van der Waals surface area contributed by atoms with Gasteiger partial charge in [0, 0.05) is 17.5 Å². The minimum absolute atomic E-state index is 0.262. The molecule has 0 fully saturated rings. The van der Waals surface area contributed by atoms with E-state index in [4.69, 9.17) is 9.65 Å². The molecule has 0 bridgehead atoms. The second-order valence-corrected chi connectivity index (χ2v) is 12.6. The fourth-order valence-corrected chi connectivity index (χ4v) is 6.70. The lowest BCUT2D eigenvalue weighted by Gasteiger charge is -2.38. The summed E-state index contributed by atoms with van der Waals surface area (Å²) in [5, 5.41) is 11.0. The lowest BCUT2D eigenvalue weighted by Crippen LogP contribution is -2.41. The van der Waals surface area contributed by atoms with Crippen LogP contribution in [0.2, 0.25) is 0 Å². The van der Waals surface area contributed by atoms with Crippen molar-refractivity contribution in [2.24, 2.45) is 34.6 Å². The molecule has 1 N–H and O–H groups in total. The number of hydrogen-bond donors (Lipinski definition) is 1. The van der Waals surface area contributed by atoms with Crippen molar-refractivity contribution < 1.29 is 9.68 Å². The number of allylic oxidation sites excluding steroid dienone is 11. The average Bonchev–Trinajstić information content (AvgIpc) is 2.91. The molecule has 0 amide bonds. The van der Waals surface area contributed by atoms with E-state index in [0.717, 1.165) is 31.2 Å². The van der Waals surface area contributed by atoms with Crippen LogP contribution in [0.1, 0.15) is 65.0 Å². The van der Waals surface area contributed by atoms with Gasteiger partial charge >= 0.3 is 7.12 Å². The monoisotopic (exact) mass is 505 g/mol. The Kier molecular flexibility index (Phi) is 6.60. The van der Waals surface area contributed by atoms with E-state index >= 15 is 0 Å². The van der Waals surface area contributed by atoms with Crippen LogP contribution in [0.3, 0.4) is 0 Å². The third-order valence-electron chi connectivity index (χ3n) is 9.61. The van der Waals surface area contributed by atoms with Gasteiger partial charge in [0.2, 0.25) is 0 Å². The number of benzene rings is 1. The fourth-order valence-electron chi connectivity index (χ4n) is 6.70. The van der Waals surface area contributed by atoms with Crippen LogP contribution >= 0.6 is 0 Å². The molecule has 4 aliphatic carbocycles. The predicted molar refractivity (Wildman–Crippen MR) is 158 cm³/mol. The largest absolute Gasteiger partial charge is 0.487 e. The predicted octanol–water partition coefficient (Wildman–Crippen LogP) is 7.47. The quantitative estimate of drug-likeness (QED) is 0.422. The molecule has 0 aromatic heterocycles. The average molecular weight is 506 g/mol. The van der Waals surface area contributed by atoms with Crippen LogP contribution in [0.4, 0.5) is 0 Å². The SMILES string of the molecule is CC(C)C(C)(C)OB(O)C1=CC2C=CC(C3=NC4=CC=CCC4C4=C3CCc3ccccc34)=CC2C[C@H]1C. The van der Waals surface area contributed by atoms with E-state index in [9.17, 15) is 5.02 Å². The van der Waals surface area contributed by atoms with Gasteiger partial charge < -0.3 is 9.68 Å². The standard InChI is InChI=1S/C34H40BNO2/c1-21(2)34(4,5)38-35(37)30-20-24-14-15-25(19-26(24)18-22(30)3)33-29-17-16-23-10-6-7-11-27(23)32(29)28-12-8-9-13-31(28)36-33/h6-11,13-15,19-22,24,26,28,37H,12,16-18H2,1-5H3/t22-,24?,26?,28?/m1/s1. The zero-order valence-electron chi connectivity index (χ0n) is 23.4. The molecular formula is C34H40BNO2. The molecule has 196 valence electrons. The Balaban J connectivity index is 1.32. The van der Waals surface area contributed by atoms with Crippen LogP contribution in [-0.4, -0.2) is 23.5 Å². The zero-order chi connectivity index (χ0) is 26.6. The highest BCUT2D eigenvalue weighted by Crippen LogP contribution is 2.48. The number of dihydropyridines is 1. The first kappa shape index (κ1) is 25.6. The molecule has 4 heteroatoms. The van der Waals surface area contributed by atoms with Gasteiger partial charge in [0.1, 0.15) is 0 Å². The lowest BCUT2D eigenvalue weighted by atomic mass is 9.61. The number of aliphatic imine (C=N–C) groups is 1.